The van der Waals surface area contributed by atoms with Crippen LogP contribution < -0.4 is 0 Å². The zero-order valence-corrected chi connectivity index (χ0v) is 29.5. The average Bonchev–Trinajstić information content (AvgIpc) is 3.89. The lowest BCUT2D eigenvalue weighted by atomic mass is 10.0. The molecule has 3 heterocycles. The van der Waals surface area contributed by atoms with E-state index in [9.17, 15) is 5.26 Å². The number of para-hydroxylation sites is 5. The summed E-state index contributed by atoms with van der Waals surface area (Å²) in [6.07, 6.45) is 0. The number of aromatic nitrogens is 3. The van der Waals surface area contributed by atoms with E-state index in [1.54, 1.807) is 0 Å². The van der Waals surface area contributed by atoms with Crippen LogP contribution in [0.4, 0.5) is 5.69 Å². The molecule has 0 aliphatic carbocycles. The van der Waals surface area contributed by atoms with Gasteiger partial charge in [-0.1, -0.05) is 103 Å². The molecule has 11 rings (SSSR count). The Hall–Kier alpha value is -7.86. The van der Waals surface area contributed by atoms with Crippen LogP contribution in [0.2, 0.25) is 0 Å². The summed E-state index contributed by atoms with van der Waals surface area (Å²) in [7, 11) is 0. The minimum Gasteiger partial charge on any atom is -0.309 e. The SMILES string of the molecule is [C-]#[N+]c1ccc(-n2c3ccccc3c3cc(-n4c5ccccc5c5ccccc54)ccc32)cc1-c1ccccc1-n1c2ccccc2c2c(C#N)cccc21. The molecule has 3 aromatic heterocycles. The highest BCUT2D eigenvalue weighted by Crippen LogP contribution is 2.42. The fourth-order valence-electron chi connectivity index (χ4n) is 8.82. The quantitative estimate of drug-likeness (QED) is 0.169. The molecule has 0 atom stereocenters. The Kier molecular flexibility index (Phi) is 6.61. The van der Waals surface area contributed by atoms with Crippen LogP contribution >= 0.6 is 0 Å². The number of nitrogens with zero attached hydrogens (tertiary/aromatic N) is 5. The highest BCUT2D eigenvalue weighted by molar-refractivity contribution is 6.14. The summed E-state index contributed by atoms with van der Waals surface area (Å²) >= 11 is 0. The third-order valence-electron chi connectivity index (χ3n) is 11.1. The van der Waals surface area contributed by atoms with E-state index in [0.717, 1.165) is 71.8 Å². The van der Waals surface area contributed by atoms with Crippen LogP contribution in [-0.2, 0) is 0 Å². The zero-order valence-electron chi connectivity index (χ0n) is 29.5. The Morgan fingerprint density at radius 3 is 1.58 bits per heavy atom. The summed E-state index contributed by atoms with van der Waals surface area (Å²) in [6.45, 7) is 8.28. The molecule has 0 unspecified atom stereocenters. The van der Waals surface area contributed by atoms with E-state index in [0.29, 0.717) is 11.3 Å². The molecular weight excluding hydrogens is 671 g/mol. The molecule has 0 spiro atoms. The van der Waals surface area contributed by atoms with Crippen molar-refractivity contribution in [3.8, 4) is 34.3 Å². The van der Waals surface area contributed by atoms with Crippen LogP contribution in [0.5, 0.6) is 0 Å². The van der Waals surface area contributed by atoms with Crippen LogP contribution in [0.25, 0.3) is 98.5 Å². The molecule has 0 saturated heterocycles. The van der Waals surface area contributed by atoms with E-state index in [1.807, 2.05) is 42.5 Å². The highest BCUT2D eigenvalue weighted by atomic mass is 15.0. The molecule has 0 bridgehead atoms. The highest BCUT2D eigenvalue weighted by Gasteiger charge is 2.21. The first-order valence-electron chi connectivity index (χ1n) is 18.3. The minimum absolute atomic E-state index is 0.573. The van der Waals surface area contributed by atoms with Crippen molar-refractivity contribution in [2.75, 3.05) is 0 Å². The van der Waals surface area contributed by atoms with Crippen LogP contribution in [0, 0.1) is 17.9 Å². The zero-order chi connectivity index (χ0) is 36.6. The average molecular weight is 700 g/mol. The fourth-order valence-corrected chi connectivity index (χ4v) is 8.82. The number of hydrogen-bond acceptors (Lipinski definition) is 1. The lowest BCUT2D eigenvalue weighted by molar-refractivity contribution is 1.16. The largest absolute Gasteiger partial charge is 0.309 e. The van der Waals surface area contributed by atoms with Gasteiger partial charge in [-0.15, -0.1) is 0 Å². The van der Waals surface area contributed by atoms with Crippen molar-refractivity contribution in [2.45, 2.75) is 0 Å². The Balaban J connectivity index is 1.14. The molecule has 0 radical (unpaired) electrons. The topological polar surface area (TPSA) is 42.9 Å². The van der Waals surface area contributed by atoms with E-state index in [2.05, 4.69) is 158 Å². The molecule has 55 heavy (non-hydrogen) atoms. The predicted molar refractivity (Wildman–Crippen MR) is 226 cm³/mol. The standard InChI is InChI=1S/C50H29N5/c1-52-42-27-25-33(29-40(42)37-16-4-10-22-46(37)55-47-23-11-6-18-39(47)50-32(31-51)13-12-24-49(50)55)54-45-21-9-5-17-38(45)41-30-34(26-28-48(41)54)53-43-19-7-2-14-35(43)36-15-3-8-20-44(36)53/h2-30H. The molecule has 5 heteroatoms. The van der Waals surface area contributed by atoms with Crippen molar-refractivity contribution < 1.29 is 0 Å². The van der Waals surface area contributed by atoms with Crippen molar-refractivity contribution in [1.29, 1.82) is 5.26 Å². The van der Waals surface area contributed by atoms with Crippen molar-refractivity contribution in [3.63, 3.8) is 0 Å². The van der Waals surface area contributed by atoms with Gasteiger partial charge in [-0.25, -0.2) is 4.85 Å². The number of hydrogen-bond donors (Lipinski definition) is 0. The Bertz CT molecular complexity index is 3420. The van der Waals surface area contributed by atoms with Gasteiger partial charge in [0.05, 0.1) is 57.0 Å². The van der Waals surface area contributed by atoms with E-state index < -0.39 is 0 Å². The third kappa shape index (κ3) is 4.39. The van der Waals surface area contributed by atoms with Crippen LogP contribution in [-0.4, -0.2) is 13.7 Å². The van der Waals surface area contributed by atoms with Crippen LogP contribution in [0.3, 0.4) is 0 Å². The molecule has 0 fully saturated rings. The Morgan fingerprint density at radius 2 is 0.927 bits per heavy atom. The van der Waals surface area contributed by atoms with E-state index >= 15 is 0 Å². The van der Waals surface area contributed by atoms with Gasteiger partial charge >= 0.3 is 0 Å². The first kappa shape index (κ1) is 30.7. The monoisotopic (exact) mass is 699 g/mol. The molecule has 0 saturated carbocycles. The second-order valence-electron chi connectivity index (χ2n) is 13.9. The molecule has 0 N–H and O–H groups in total. The maximum Gasteiger partial charge on any atom is 0.195 e. The lowest BCUT2D eigenvalue weighted by Gasteiger charge is -2.17. The van der Waals surface area contributed by atoms with Gasteiger partial charge in [0.1, 0.15) is 0 Å². The van der Waals surface area contributed by atoms with Gasteiger partial charge in [0, 0.05) is 43.7 Å². The van der Waals surface area contributed by atoms with Gasteiger partial charge in [-0.2, -0.15) is 5.26 Å². The fraction of sp³-hybridized carbons (Fsp3) is 0. The number of rotatable bonds is 4. The lowest BCUT2D eigenvalue weighted by Crippen LogP contribution is -1.99. The van der Waals surface area contributed by atoms with Gasteiger partial charge in [-0.3, -0.25) is 0 Å². The first-order valence-corrected chi connectivity index (χ1v) is 18.3. The smallest absolute Gasteiger partial charge is 0.195 e. The van der Waals surface area contributed by atoms with E-state index in [-0.39, 0.29) is 0 Å². The van der Waals surface area contributed by atoms with Gasteiger partial charge < -0.3 is 13.7 Å². The van der Waals surface area contributed by atoms with Crippen molar-refractivity contribution >= 4 is 71.1 Å². The summed E-state index contributed by atoms with van der Waals surface area (Å²) in [6, 6.07) is 63.5. The Labute approximate surface area is 316 Å². The second-order valence-corrected chi connectivity index (χ2v) is 13.9. The molecule has 0 aliphatic heterocycles. The second kappa shape index (κ2) is 11.8. The van der Waals surface area contributed by atoms with Crippen molar-refractivity contribution in [2.24, 2.45) is 0 Å². The molecule has 0 amide bonds. The molecule has 11 aromatic rings. The maximum atomic E-state index is 10.1. The van der Waals surface area contributed by atoms with Gasteiger partial charge in [0.25, 0.3) is 0 Å². The van der Waals surface area contributed by atoms with E-state index in [1.165, 1.54) is 21.8 Å². The molecule has 254 valence electrons. The Morgan fingerprint density at radius 1 is 0.418 bits per heavy atom. The van der Waals surface area contributed by atoms with E-state index in [4.69, 9.17) is 6.57 Å². The molecular formula is C50H29N5. The first-order chi connectivity index (χ1) is 27.2. The van der Waals surface area contributed by atoms with Crippen molar-refractivity contribution in [1.82, 2.24) is 13.7 Å². The summed E-state index contributed by atoms with van der Waals surface area (Å²) < 4.78 is 6.92. The predicted octanol–water partition coefficient (Wildman–Crippen LogP) is 13.1. The summed E-state index contributed by atoms with van der Waals surface area (Å²) in [5, 5.41) is 16.8. The number of fused-ring (bicyclic) bond motifs is 9. The van der Waals surface area contributed by atoms with Crippen LogP contribution in [0.15, 0.2) is 176 Å². The van der Waals surface area contributed by atoms with Gasteiger partial charge in [0.15, 0.2) is 5.69 Å². The number of nitriles is 1. The normalized spacial score (nSPS) is 11.6. The summed E-state index contributed by atoms with van der Waals surface area (Å²) in [5.41, 5.74) is 12.5. The molecule has 0 aliphatic rings. The minimum atomic E-state index is 0.573. The maximum absolute atomic E-state index is 10.1. The summed E-state index contributed by atoms with van der Waals surface area (Å²) in [4.78, 5) is 4.04. The van der Waals surface area contributed by atoms with Crippen molar-refractivity contribution in [3.05, 3.63) is 193 Å². The van der Waals surface area contributed by atoms with Gasteiger partial charge in [0.2, 0.25) is 0 Å². The molecule has 5 nitrogen and oxygen atoms in total. The summed E-state index contributed by atoms with van der Waals surface area (Å²) in [5.74, 6) is 0. The third-order valence-corrected chi connectivity index (χ3v) is 11.1. The van der Waals surface area contributed by atoms with Crippen LogP contribution in [0.1, 0.15) is 5.56 Å². The number of benzene rings is 8. The molecule has 8 aromatic carbocycles. The van der Waals surface area contributed by atoms with Gasteiger partial charge in [-0.05, 0) is 83.9 Å².